The molecule has 160 valence electrons. The summed E-state index contributed by atoms with van der Waals surface area (Å²) < 4.78 is 15.4. The van der Waals surface area contributed by atoms with Gasteiger partial charge in [-0.25, -0.2) is 10.4 Å². The average molecular weight is 425 g/mol. The monoisotopic (exact) mass is 425 g/mol. The van der Waals surface area contributed by atoms with Crippen LogP contribution in [0.5, 0.6) is 17.2 Å². The fraction of sp³-hybridized carbons (Fsp3) is 0.150. The number of anilines is 1. The summed E-state index contributed by atoms with van der Waals surface area (Å²) in [6.07, 6.45) is 1.31. The van der Waals surface area contributed by atoms with Crippen molar-refractivity contribution < 1.29 is 19.1 Å². The molecule has 1 aromatic heterocycles. The van der Waals surface area contributed by atoms with Crippen LogP contribution in [0.3, 0.4) is 0 Å². The van der Waals surface area contributed by atoms with Crippen LogP contribution in [-0.2, 0) is 0 Å². The molecule has 0 fully saturated rings. The van der Waals surface area contributed by atoms with Gasteiger partial charge in [-0.3, -0.25) is 19.9 Å². The maximum atomic E-state index is 12.0. The summed E-state index contributed by atoms with van der Waals surface area (Å²) in [5.41, 5.74) is 3.48. The van der Waals surface area contributed by atoms with Crippen LogP contribution >= 0.6 is 0 Å². The summed E-state index contributed by atoms with van der Waals surface area (Å²) in [6.45, 7) is 0. The number of nitro benzene ring substituents is 1. The van der Waals surface area contributed by atoms with Gasteiger partial charge in [0, 0.05) is 29.3 Å². The Bertz CT molecular complexity index is 1170. The molecule has 31 heavy (non-hydrogen) atoms. The second-order valence-electron chi connectivity index (χ2n) is 6.10. The Hall–Kier alpha value is -4.41. The first-order valence-electron chi connectivity index (χ1n) is 8.90. The molecule has 2 aromatic carbocycles. The molecule has 2 N–H and O–H groups in total. The van der Waals surface area contributed by atoms with Gasteiger partial charge in [-0.15, -0.1) is 0 Å². The molecule has 3 rings (SSSR count). The van der Waals surface area contributed by atoms with Crippen molar-refractivity contribution in [1.82, 2.24) is 9.97 Å². The zero-order chi connectivity index (χ0) is 22.4. The molecule has 0 radical (unpaired) electrons. The molecule has 0 aliphatic heterocycles. The molecule has 0 saturated carbocycles. The maximum absolute atomic E-state index is 12.0. The van der Waals surface area contributed by atoms with Gasteiger partial charge < -0.3 is 14.2 Å². The normalized spacial score (nSPS) is 10.7. The molecule has 0 amide bonds. The first-order valence-corrected chi connectivity index (χ1v) is 8.90. The summed E-state index contributed by atoms with van der Waals surface area (Å²) in [6, 6.07) is 11.1. The van der Waals surface area contributed by atoms with Crippen LogP contribution < -0.4 is 25.2 Å². The molecule has 3 aromatic rings. The molecule has 0 aliphatic carbocycles. The Balaban J connectivity index is 1.87. The summed E-state index contributed by atoms with van der Waals surface area (Å²) in [5, 5.41) is 15.3. The number of nitrogens with one attached hydrogen (secondary N) is 2. The van der Waals surface area contributed by atoms with E-state index in [1.54, 1.807) is 31.4 Å². The Morgan fingerprint density at radius 2 is 1.77 bits per heavy atom. The third-order valence-electron chi connectivity index (χ3n) is 4.23. The van der Waals surface area contributed by atoms with Gasteiger partial charge in [0.05, 0.1) is 38.2 Å². The number of nitrogens with zero attached hydrogens (tertiary/aromatic N) is 3. The van der Waals surface area contributed by atoms with Gasteiger partial charge in [0.25, 0.3) is 5.56 Å². The van der Waals surface area contributed by atoms with Gasteiger partial charge in [0.15, 0.2) is 0 Å². The van der Waals surface area contributed by atoms with E-state index in [2.05, 4.69) is 20.5 Å². The molecule has 0 bridgehead atoms. The SMILES string of the molecule is COc1ccc(-c2cc(=O)[nH]c(N/N=C\c3cc([N+](=O)[O-])c(OC)cc3OC)n2)cc1. The molecule has 11 nitrogen and oxygen atoms in total. The van der Waals surface area contributed by atoms with Crippen molar-refractivity contribution in [3.63, 3.8) is 0 Å². The van der Waals surface area contributed by atoms with Crippen molar-refractivity contribution >= 4 is 17.9 Å². The van der Waals surface area contributed by atoms with Gasteiger partial charge in [0.2, 0.25) is 11.7 Å². The smallest absolute Gasteiger partial charge is 0.311 e. The van der Waals surface area contributed by atoms with E-state index in [1.165, 1.54) is 38.6 Å². The highest BCUT2D eigenvalue weighted by molar-refractivity contribution is 5.86. The van der Waals surface area contributed by atoms with E-state index in [9.17, 15) is 14.9 Å². The minimum Gasteiger partial charge on any atom is -0.497 e. The number of hydrogen-bond donors (Lipinski definition) is 2. The highest BCUT2D eigenvalue weighted by Crippen LogP contribution is 2.33. The highest BCUT2D eigenvalue weighted by atomic mass is 16.6. The van der Waals surface area contributed by atoms with Crippen LogP contribution in [-0.4, -0.2) is 42.4 Å². The maximum Gasteiger partial charge on any atom is 0.311 e. The topological polar surface area (TPSA) is 141 Å². The van der Waals surface area contributed by atoms with Crippen molar-refractivity contribution in [1.29, 1.82) is 0 Å². The van der Waals surface area contributed by atoms with Crippen LogP contribution in [0.1, 0.15) is 5.56 Å². The lowest BCUT2D eigenvalue weighted by atomic mass is 10.1. The van der Waals surface area contributed by atoms with Crippen molar-refractivity contribution in [3.05, 3.63) is 68.5 Å². The largest absolute Gasteiger partial charge is 0.497 e. The quantitative estimate of drug-likeness (QED) is 0.319. The summed E-state index contributed by atoms with van der Waals surface area (Å²) in [4.78, 5) is 29.5. The number of aromatic nitrogens is 2. The number of H-pyrrole nitrogens is 1. The number of benzene rings is 2. The number of ether oxygens (including phenoxy) is 3. The van der Waals surface area contributed by atoms with E-state index < -0.39 is 4.92 Å². The lowest BCUT2D eigenvalue weighted by Crippen LogP contribution is -2.10. The molecule has 0 saturated heterocycles. The molecular formula is C20H19N5O6. The van der Waals surface area contributed by atoms with Gasteiger partial charge in [-0.2, -0.15) is 5.10 Å². The van der Waals surface area contributed by atoms with Crippen LogP contribution in [0.2, 0.25) is 0 Å². The van der Waals surface area contributed by atoms with Crippen molar-refractivity contribution in [2.24, 2.45) is 5.10 Å². The van der Waals surface area contributed by atoms with Crippen LogP contribution in [0.25, 0.3) is 11.3 Å². The van der Waals surface area contributed by atoms with E-state index in [4.69, 9.17) is 14.2 Å². The lowest BCUT2D eigenvalue weighted by molar-refractivity contribution is -0.385. The van der Waals surface area contributed by atoms with E-state index >= 15 is 0 Å². The zero-order valence-corrected chi connectivity index (χ0v) is 16.9. The van der Waals surface area contributed by atoms with Gasteiger partial charge in [0.1, 0.15) is 11.5 Å². The van der Waals surface area contributed by atoms with Gasteiger partial charge in [-0.05, 0) is 24.3 Å². The standard InChI is InChI=1S/C20H19N5O6/c1-29-14-6-4-12(5-7-14)15-9-19(26)23-20(22-15)24-21-11-13-8-16(25(27)28)18(31-3)10-17(13)30-2/h4-11H,1-3H3,(H2,22,23,24,26)/b21-11-. The van der Waals surface area contributed by atoms with Crippen LogP contribution in [0, 0.1) is 10.1 Å². The van der Waals surface area contributed by atoms with Crippen molar-refractivity contribution in [2.45, 2.75) is 0 Å². The van der Waals surface area contributed by atoms with Crippen LogP contribution in [0.4, 0.5) is 11.6 Å². The average Bonchev–Trinajstić information content (AvgIpc) is 2.78. The summed E-state index contributed by atoms with van der Waals surface area (Å²) >= 11 is 0. The van der Waals surface area contributed by atoms with E-state index in [-0.39, 0.29) is 22.9 Å². The van der Waals surface area contributed by atoms with Crippen molar-refractivity contribution in [3.8, 4) is 28.5 Å². The van der Waals surface area contributed by atoms with E-state index in [0.29, 0.717) is 28.3 Å². The number of aromatic amines is 1. The highest BCUT2D eigenvalue weighted by Gasteiger charge is 2.18. The van der Waals surface area contributed by atoms with Crippen molar-refractivity contribution in [2.75, 3.05) is 26.8 Å². The Kier molecular flexibility index (Phi) is 6.45. The second kappa shape index (κ2) is 9.39. The molecule has 0 atom stereocenters. The molecular weight excluding hydrogens is 406 g/mol. The first-order chi connectivity index (χ1) is 14.9. The summed E-state index contributed by atoms with van der Waals surface area (Å²) in [5.74, 6) is 1.15. The predicted molar refractivity (Wildman–Crippen MR) is 114 cm³/mol. The molecule has 1 heterocycles. The minimum atomic E-state index is -0.569. The minimum absolute atomic E-state index is 0.0603. The third kappa shape index (κ3) is 4.96. The fourth-order valence-electron chi connectivity index (χ4n) is 2.73. The van der Waals surface area contributed by atoms with Gasteiger partial charge in [-0.1, -0.05) is 0 Å². The third-order valence-corrected chi connectivity index (χ3v) is 4.23. The van der Waals surface area contributed by atoms with Gasteiger partial charge >= 0.3 is 5.69 Å². The number of rotatable bonds is 8. The lowest BCUT2D eigenvalue weighted by Gasteiger charge is -2.08. The number of methoxy groups -OCH3 is 3. The Labute approximate surface area is 176 Å². The Morgan fingerprint density at radius 1 is 1.06 bits per heavy atom. The van der Waals surface area contributed by atoms with Crippen LogP contribution in [0.15, 0.2) is 52.4 Å². The summed E-state index contributed by atoms with van der Waals surface area (Å²) in [7, 11) is 4.31. The molecule has 11 heteroatoms. The fourth-order valence-corrected chi connectivity index (χ4v) is 2.73. The Morgan fingerprint density at radius 3 is 2.39 bits per heavy atom. The first kappa shape index (κ1) is 21.3. The zero-order valence-electron chi connectivity index (χ0n) is 16.9. The molecule has 0 aliphatic rings. The predicted octanol–water partition coefficient (Wildman–Crippen LogP) is 2.82. The number of nitro groups is 1. The van der Waals surface area contributed by atoms with E-state index in [0.717, 1.165) is 0 Å². The molecule has 0 unspecified atom stereocenters. The van der Waals surface area contributed by atoms with E-state index in [1.807, 2.05) is 0 Å². The molecule has 0 spiro atoms. The number of hydrogen-bond acceptors (Lipinski definition) is 9. The second-order valence-corrected chi connectivity index (χ2v) is 6.10. The number of hydrazone groups is 1.